The van der Waals surface area contributed by atoms with Gasteiger partial charge in [0.05, 0.1) is 17.0 Å². The largest absolute Gasteiger partial charge is 0.431 e. The van der Waals surface area contributed by atoms with Gasteiger partial charge in [0.25, 0.3) is 5.91 Å². The molecule has 2 aromatic rings. The number of hydrogen-bond acceptors (Lipinski definition) is 7. The lowest BCUT2D eigenvalue weighted by Gasteiger charge is -2.09. The molecular weight excluding hydrogens is 353 g/mol. The summed E-state index contributed by atoms with van der Waals surface area (Å²) in [6.07, 6.45) is -5.79. The Kier molecular flexibility index (Phi) is 5.21. The van der Waals surface area contributed by atoms with Crippen LogP contribution in [0.15, 0.2) is 22.6 Å². The van der Waals surface area contributed by atoms with Crippen molar-refractivity contribution in [1.29, 1.82) is 0 Å². The molecule has 0 aliphatic rings. The molecule has 23 heavy (non-hydrogen) atoms. The van der Waals surface area contributed by atoms with Gasteiger partial charge in [-0.3, -0.25) is 9.59 Å². The fourth-order valence-corrected chi connectivity index (χ4v) is 2.70. The van der Waals surface area contributed by atoms with Crippen LogP contribution in [0, 0.1) is 6.92 Å². The van der Waals surface area contributed by atoms with Gasteiger partial charge in [0.1, 0.15) is 10.6 Å². The number of nitrogens with zero attached hydrogens (tertiary/aromatic N) is 3. The average molecular weight is 362 g/mol. The first kappa shape index (κ1) is 17.2. The van der Waals surface area contributed by atoms with Crippen LogP contribution >= 0.6 is 22.9 Å². The lowest BCUT2D eigenvalue weighted by molar-refractivity contribution is -0.0605. The number of aromatic nitrogens is 2. The molecule has 2 rings (SSSR count). The fraction of sp³-hybridized carbons (Fsp3) is 0.250. The van der Waals surface area contributed by atoms with Crippen molar-refractivity contribution < 1.29 is 22.8 Å². The molecule has 0 bridgehead atoms. The lowest BCUT2D eigenvalue weighted by atomic mass is 10.1. The standard InChI is InChI=1S/C12H9F3N4O2S2/c1-6-10(23-19-16-6)11(21)18-17-9(12(13,14)15)5-7(20)8-3-2-4-22-8/h2-4H,5H2,1H3,(H,18,21)/b17-9-. The molecule has 2 heterocycles. The average Bonchev–Trinajstić information content (AvgIpc) is 3.12. The summed E-state index contributed by atoms with van der Waals surface area (Å²) in [4.78, 5) is 23.8. The fourth-order valence-electron chi connectivity index (χ4n) is 1.49. The first-order valence-electron chi connectivity index (χ1n) is 6.08. The number of halogens is 3. The van der Waals surface area contributed by atoms with E-state index >= 15 is 0 Å². The Bertz CT molecular complexity index is 738. The number of Topliss-reactive ketones (excluding diaryl/α,β-unsaturated/α-hetero) is 1. The van der Waals surface area contributed by atoms with Crippen LogP contribution in [-0.2, 0) is 0 Å². The molecule has 0 unspecified atom stereocenters. The van der Waals surface area contributed by atoms with Crippen molar-refractivity contribution in [2.75, 3.05) is 0 Å². The number of thiophene rings is 1. The molecule has 0 fully saturated rings. The molecule has 0 aliphatic heterocycles. The SMILES string of the molecule is Cc1nnsc1C(=O)N/N=C(/CC(=O)c1cccs1)C(F)(F)F. The second-order valence-electron chi connectivity index (χ2n) is 4.26. The van der Waals surface area contributed by atoms with E-state index in [2.05, 4.69) is 14.7 Å². The molecule has 0 spiro atoms. The molecule has 1 amide bonds. The molecule has 1 N–H and O–H groups in total. The topological polar surface area (TPSA) is 84.3 Å². The Morgan fingerprint density at radius 2 is 2.13 bits per heavy atom. The summed E-state index contributed by atoms with van der Waals surface area (Å²) in [5.41, 5.74) is 0.701. The third kappa shape index (κ3) is 4.42. The van der Waals surface area contributed by atoms with Gasteiger partial charge in [0.2, 0.25) is 0 Å². The van der Waals surface area contributed by atoms with Gasteiger partial charge in [-0.2, -0.15) is 18.3 Å². The van der Waals surface area contributed by atoms with Crippen LogP contribution in [0.5, 0.6) is 0 Å². The second kappa shape index (κ2) is 6.96. The van der Waals surface area contributed by atoms with Crippen LogP contribution in [0.4, 0.5) is 13.2 Å². The van der Waals surface area contributed by atoms with Crippen LogP contribution in [0.3, 0.4) is 0 Å². The van der Waals surface area contributed by atoms with Crippen LogP contribution in [0.1, 0.15) is 31.5 Å². The molecule has 6 nitrogen and oxygen atoms in total. The van der Waals surface area contributed by atoms with E-state index in [0.717, 1.165) is 22.9 Å². The Morgan fingerprint density at radius 3 is 2.65 bits per heavy atom. The highest BCUT2D eigenvalue weighted by molar-refractivity contribution is 7.12. The Labute approximate surface area is 136 Å². The van der Waals surface area contributed by atoms with Gasteiger partial charge in [0.15, 0.2) is 5.78 Å². The van der Waals surface area contributed by atoms with Crippen molar-refractivity contribution in [3.63, 3.8) is 0 Å². The van der Waals surface area contributed by atoms with Crippen molar-refractivity contribution in [3.05, 3.63) is 33.0 Å². The summed E-state index contributed by atoms with van der Waals surface area (Å²) in [6.45, 7) is 1.49. The molecular formula is C12H9F3N4O2S2. The molecule has 2 aromatic heterocycles. The number of amides is 1. The van der Waals surface area contributed by atoms with E-state index < -0.39 is 30.0 Å². The number of carbonyl (C=O) groups excluding carboxylic acids is 2. The van der Waals surface area contributed by atoms with Gasteiger partial charge in [-0.15, -0.1) is 16.4 Å². The predicted octanol–water partition coefficient (Wildman–Crippen LogP) is 2.83. The van der Waals surface area contributed by atoms with E-state index in [1.807, 2.05) is 0 Å². The first-order valence-corrected chi connectivity index (χ1v) is 7.74. The normalized spacial score (nSPS) is 12.3. The second-order valence-corrected chi connectivity index (χ2v) is 5.96. The summed E-state index contributed by atoms with van der Waals surface area (Å²) in [7, 11) is 0. The highest BCUT2D eigenvalue weighted by Gasteiger charge is 2.37. The van der Waals surface area contributed by atoms with Crippen molar-refractivity contribution in [1.82, 2.24) is 15.0 Å². The van der Waals surface area contributed by atoms with Crippen LogP contribution in [0.25, 0.3) is 0 Å². The molecule has 0 saturated heterocycles. The Morgan fingerprint density at radius 1 is 1.39 bits per heavy atom. The van der Waals surface area contributed by atoms with E-state index in [1.165, 1.54) is 13.0 Å². The van der Waals surface area contributed by atoms with Gasteiger partial charge in [-0.1, -0.05) is 10.6 Å². The summed E-state index contributed by atoms with van der Waals surface area (Å²) >= 11 is 1.77. The van der Waals surface area contributed by atoms with Crippen molar-refractivity contribution in [3.8, 4) is 0 Å². The highest BCUT2D eigenvalue weighted by atomic mass is 32.1. The number of hydrogen-bond donors (Lipinski definition) is 1. The van der Waals surface area contributed by atoms with Crippen molar-refractivity contribution in [2.24, 2.45) is 5.10 Å². The maximum Gasteiger partial charge on any atom is 0.431 e. The minimum absolute atomic E-state index is 0.0554. The van der Waals surface area contributed by atoms with Crippen LogP contribution in [-0.4, -0.2) is 33.2 Å². The van der Waals surface area contributed by atoms with Crippen molar-refractivity contribution >= 4 is 40.3 Å². The zero-order valence-electron chi connectivity index (χ0n) is 11.5. The predicted molar refractivity (Wildman–Crippen MR) is 78.9 cm³/mol. The van der Waals surface area contributed by atoms with Crippen molar-refractivity contribution in [2.45, 2.75) is 19.5 Å². The highest BCUT2D eigenvalue weighted by Crippen LogP contribution is 2.22. The Balaban J connectivity index is 2.14. The molecule has 0 aliphatic carbocycles. The lowest BCUT2D eigenvalue weighted by Crippen LogP contribution is -2.30. The van der Waals surface area contributed by atoms with Gasteiger partial charge in [-0.25, -0.2) is 5.43 Å². The maximum atomic E-state index is 12.9. The molecule has 122 valence electrons. The number of hydrazone groups is 1. The van der Waals surface area contributed by atoms with Crippen LogP contribution < -0.4 is 5.43 Å². The first-order chi connectivity index (χ1) is 10.8. The molecule has 11 heteroatoms. The minimum atomic E-state index is -4.83. The number of alkyl halides is 3. The molecule has 0 radical (unpaired) electrons. The number of ketones is 1. The smallest absolute Gasteiger partial charge is 0.293 e. The van der Waals surface area contributed by atoms with E-state index in [0.29, 0.717) is 0 Å². The van der Waals surface area contributed by atoms with E-state index in [4.69, 9.17) is 0 Å². The number of carbonyl (C=O) groups is 2. The number of aryl methyl sites for hydroxylation is 1. The summed E-state index contributed by atoms with van der Waals surface area (Å²) in [5.74, 6) is -1.58. The third-order valence-electron chi connectivity index (χ3n) is 2.60. The quantitative estimate of drug-likeness (QED) is 0.504. The van der Waals surface area contributed by atoms with Gasteiger partial charge >= 0.3 is 6.18 Å². The van der Waals surface area contributed by atoms with Crippen LogP contribution in [0.2, 0.25) is 0 Å². The van der Waals surface area contributed by atoms with E-state index in [-0.39, 0.29) is 15.4 Å². The number of rotatable bonds is 5. The maximum absolute atomic E-state index is 12.9. The minimum Gasteiger partial charge on any atom is -0.293 e. The number of nitrogens with one attached hydrogen (secondary N) is 1. The third-order valence-corrected chi connectivity index (χ3v) is 4.34. The van der Waals surface area contributed by atoms with Gasteiger partial charge in [-0.05, 0) is 29.9 Å². The monoisotopic (exact) mass is 362 g/mol. The van der Waals surface area contributed by atoms with Gasteiger partial charge in [0, 0.05) is 0 Å². The molecule has 0 atom stereocenters. The Hall–Kier alpha value is -2.14. The summed E-state index contributed by atoms with van der Waals surface area (Å²) < 4.78 is 42.3. The molecule has 0 saturated carbocycles. The van der Waals surface area contributed by atoms with E-state index in [9.17, 15) is 22.8 Å². The van der Waals surface area contributed by atoms with E-state index in [1.54, 1.807) is 16.9 Å². The summed E-state index contributed by atoms with van der Waals surface area (Å²) in [6, 6.07) is 2.98. The zero-order valence-corrected chi connectivity index (χ0v) is 13.2. The van der Waals surface area contributed by atoms with Gasteiger partial charge < -0.3 is 0 Å². The molecule has 0 aromatic carbocycles. The summed E-state index contributed by atoms with van der Waals surface area (Å²) in [5, 5.41) is 8.23. The zero-order chi connectivity index (χ0) is 17.0.